The third-order valence-corrected chi connectivity index (χ3v) is 6.23. The van der Waals surface area contributed by atoms with E-state index in [4.69, 9.17) is 4.98 Å². The second kappa shape index (κ2) is 7.97. The zero-order chi connectivity index (χ0) is 19.6. The van der Waals surface area contributed by atoms with Crippen molar-refractivity contribution in [3.05, 3.63) is 30.1 Å². The highest BCUT2D eigenvalue weighted by Crippen LogP contribution is 2.27. The van der Waals surface area contributed by atoms with Crippen LogP contribution in [0.5, 0.6) is 0 Å². The number of rotatable bonds is 5. The molecular weight excluding hydrogens is 364 g/mol. The molecule has 3 heterocycles. The van der Waals surface area contributed by atoms with Crippen LogP contribution in [0.25, 0.3) is 16.7 Å². The Morgan fingerprint density at radius 1 is 1.03 bits per heavy atom. The first-order valence-corrected chi connectivity index (χ1v) is 11.0. The van der Waals surface area contributed by atoms with Gasteiger partial charge in [0.1, 0.15) is 5.82 Å². The maximum absolute atomic E-state index is 12.4. The van der Waals surface area contributed by atoms with E-state index in [0.29, 0.717) is 18.9 Å². The van der Waals surface area contributed by atoms with Crippen LogP contribution in [0.3, 0.4) is 0 Å². The minimum atomic E-state index is 0.114. The normalized spacial score (nSPS) is 18.0. The first kappa shape index (κ1) is 18.3. The molecule has 1 aromatic carbocycles. The Morgan fingerprint density at radius 2 is 1.83 bits per heavy atom. The molecule has 1 amide bonds. The zero-order valence-corrected chi connectivity index (χ0v) is 16.8. The molecule has 2 fully saturated rings. The van der Waals surface area contributed by atoms with E-state index < -0.39 is 0 Å². The van der Waals surface area contributed by atoms with Gasteiger partial charge in [0.05, 0.1) is 11.0 Å². The molecule has 1 aliphatic carbocycles. The Morgan fingerprint density at radius 3 is 2.66 bits per heavy atom. The van der Waals surface area contributed by atoms with Crippen LogP contribution in [0, 0.1) is 0 Å². The molecule has 1 saturated carbocycles. The van der Waals surface area contributed by atoms with Gasteiger partial charge in [-0.3, -0.25) is 9.20 Å². The average molecular weight is 393 g/mol. The highest BCUT2D eigenvalue weighted by molar-refractivity contribution is 5.83. The number of para-hydroxylation sites is 2. The summed E-state index contributed by atoms with van der Waals surface area (Å²) in [4.78, 5) is 19.7. The lowest BCUT2D eigenvalue weighted by molar-refractivity contribution is -0.121. The van der Waals surface area contributed by atoms with Crippen molar-refractivity contribution >= 4 is 28.4 Å². The lowest BCUT2D eigenvalue weighted by Crippen LogP contribution is -2.32. The first-order chi connectivity index (χ1) is 14.3. The molecule has 152 valence electrons. The smallest absolute Gasteiger partial charge is 0.220 e. The van der Waals surface area contributed by atoms with Gasteiger partial charge in [-0.05, 0) is 44.2 Å². The summed E-state index contributed by atoms with van der Waals surface area (Å²) in [6.07, 6.45) is 9.31. The van der Waals surface area contributed by atoms with Crippen LogP contribution >= 0.6 is 0 Å². The number of carbonyl (C=O) groups excluding carboxylic acids is 1. The van der Waals surface area contributed by atoms with Crippen molar-refractivity contribution in [2.45, 2.75) is 63.8 Å². The summed E-state index contributed by atoms with van der Waals surface area (Å²) < 4.78 is 2.11. The van der Waals surface area contributed by atoms with Crippen molar-refractivity contribution in [3.63, 3.8) is 0 Å². The molecule has 7 heteroatoms. The van der Waals surface area contributed by atoms with Gasteiger partial charge in [-0.2, -0.15) is 0 Å². The molecule has 3 aromatic rings. The van der Waals surface area contributed by atoms with E-state index in [1.165, 1.54) is 32.1 Å². The van der Waals surface area contributed by atoms with Crippen LogP contribution in [0.1, 0.15) is 57.2 Å². The first-order valence-electron chi connectivity index (χ1n) is 11.0. The van der Waals surface area contributed by atoms with Gasteiger partial charge >= 0.3 is 0 Å². The van der Waals surface area contributed by atoms with Crippen LogP contribution in [0.2, 0.25) is 0 Å². The van der Waals surface area contributed by atoms with Crippen LogP contribution in [-0.2, 0) is 11.2 Å². The summed E-state index contributed by atoms with van der Waals surface area (Å²) in [7, 11) is 0. The largest absolute Gasteiger partial charge is 0.353 e. The number of nitrogens with one attached hydrogen (secondary N) is 1. The minimum Gasteiger partial charge on any atom is -0.353 e. The van der Waals surface area contributed by atoms with Crippen molar-refractivity contribution < 1.29 is 4.79 Å². The van der Waals surface area contributed by atoms with E-state index >= 15 is 0 Å². The molecule has 1 saturated heterocycles. The van der Waals surface area contributed by atoms with Crippen LogP contribution < -0.4 is 10.2 Å². The average Bonchev–Trinajstić information content (AvgIpc) is 3.42. The number of aryl methyl sites for hydroxylation is 1. The third kappa shape index (κ3) is 3.66. The van der Waals surface area contributed by atoms with Crippen LogP contribution in [0.4, 0.5) is 5.82 Å². The second-order valence-corrected chi connectivity index (χ2v) is 8.30. The molecule has 2 aliphatic rings. The van der Waals surface area contributed by atoms with Gasteiger partial charge in [-0.15, -0.1) is 10.2 Å². The maximum Gasteiger partial charge on any atom is 0.220 e. The Kier molecular flexibility index (Phi) is 5.04. The molecule has 29 heavy (non-hydrogen) atoms. The maximum atomic E-state index is 12.4. The van der Waals surface area contributed by atoms with Crippen molar-refractivity contribution in [1.82, 2.24) is 24.9 Å². The minimum absolute atomic E-state index is 0.114. The van der Waals surface area contributed by atoms with Crippen LogP contribution in [0.15, 0.2) is 24.3 Å². The molecule has 1 aliphatic heterocycles. The van der Waals surface area contributed by atoms with E-state index in [2.05, 4.69) is 30.9 Å². The lowest BCUT2D eigenvalue weighted by Gasteiger charge is -2.28. The topological polar surface area (TPSA) is 75.4 Å². The SMILES string of the molecule is O=C(CCc1nnc2c(N3CCCCC3)nc3ccccc3n12)NC1CCCC1. The molecule has 0 radical (unpaired) electrons. The predicted molar refractivity (Wildman–Crippen MR) is 113 cm³/mol. The van der Waals surface area contributed by atoms with Gasteiger partial charge in [0.2, 0.25) is 11.6 Å². The van der Waals surface area contributed by atoms with E-state index in [0.717, 1.165) is 54.3 Å². The molecule has 0 bridgehead atoms. The molecule has 2 aromatic heterocycles. The summed E-state index contributed by atoms with van der Waals surface area (Å²) >= 11 is 0. The van der Waals surface area contributed by atoms with Crippen LogP contribution in [-0.4, -0.2) is 44.6 Å². The lowest BCUT2D eigenvalue weighted by atomic mass is 10.1. The summed E-state index contributed by atoms with van der Waals surface area (Å²) in [6, 6.07) is 8.48. The number of hydrogen-bond acceptors (Lipinski definition) is 5. The number of nitrogens with zero attached hydrogens (tertiary/aromatic N) is 5. The predicted octanol–water partition coefficient (Wildman–Crippen LogP) is 3.26. The molecule has 7 nitrogen and oxygen atoms in total. The molecule has 5 rings (SSSR count). The standard InChI is InChI=1S/C22H28N6O/c29-20(23-16-8-2-3-9-16)13-12-19-25-26-22-21(27-14-6-1-7-15-27)24-17-10-4-5-11-18(17)28(19)22/h4-5,10-11,16H,1-3,6-9,12-15H2,(H,23,29). The highest BCUT2D eigenvalue weighted by atomic mass is 16.1. The summed E-state index contributed by atoms with van der Waals surface area (Å²) in [5.74, 6) is 1.86. The van der Waals surface area contributed by atoms with E-state index in [1.807, 2.05) is 18.2 Å². The number of carbonyl (C=O) groups is 1. The molecule has 0 atom stereocenters. The highest BCUT2D eigenvalue weighted by Gasteiger charge is 2.22. The fraction of sp³-hybridized carbons (Fsp3) is 0.545. The van der Waals surface area contributed by atoms with E-state index in [-0.39, 0.29) is 5.91 Å². The number of hydrogen-bond donors (Lipinski definition) is 1. The number of anilines is 1. The molecular formula is C22H28N6O. The van der Waals surface area contributed by atoms with Gasteiger partial charge in [-0.1, -0.05) is 25.0 Å². The Balaban J connectivity index is 1.46. The number of piperidine rings is 1. The van der Waals surface area contributed by atoms with Gasteiger partial charge in [0.25, 0.3) is 0 Å². The monoisotopic (exact) mass is 392 g/mol. The van der Waals surface area contributed by atoms with Gasteiger partial charge in [0, 0.05) is 32.0 Å². The van der Waals surface area contributed by atoms with Gasteiger partial charge in [0.15, 0.2) is 5.82 Å². The number of amides is 1. The van der Waals surface area contributed by atoms with E-state index in [9.17, 15) is 4.79 Å². The fourth-order valence-corrected chi connectivity index (χ4v) is 4.70. The van der Waals surface area contributed by atoms with E-state index in [1.54, 1.807) is 0 Å². The number of fused-ring (bicyclic) bond motifs is 3. The number of aromatic nitrogens is 4. The fourth-order valence-electron chi connectivity index (χ4n) is 4.70. The van der Waals surface area contributed by atoms with Crippen molar-refractivity contribution in [2.24, 2.45) is 0 Å². The Labute approximate surface area is 170 Å². The quantitative estimate of drug-likeness (QED) is 0.721. The van der Waals surface area contributed by atoms with Crippen molar-refractivity contribution in [2.75, 3.05) is 18.0 Å². The molecule has 0 unspecified atom stereocenters. The van der Waals surface area contributed by atoms with Crippen molar-refractivity contribution in [1.29, 1.82) is 0 Å². The third-order valence-electron chi connectivity index (χ3n) is 6.23. The van der Waals surface area contributed by atoms with Gasteiger partial charge in [-0.25, -0.2) is 4.98 Å². The second-order valence-electron chi connectivity index (χ2n) is 8.30. The summed E-state index contributed by atoms with van der Waals surface area (Å²) in [5, 5.41) is 12.1. The summed E-state index contributed by atoms with van der Waals surface area (Å²) in [5.41, 5.74) is 2.74. The number of benzene rings is 1. The Bertz CT molecular complexity index is 1020. The summed E-state index contributed by atoms with van der Waals surface area (Å²) in [6.45, 7) is 2.01. The molecule has 1 N–H and O–H groups in total. The van der Waals surface area contributed by atoms with Gasteiger partial charge < -0.3 is 10.2 Å². The van der Waals surface area contributed by atoms with Crippen molar-refractivity contribution in [3.8, 4) is 0 Å². The Hall–Kier alpha value is -2.70. The zero-order valence-electron chi connectivity index (χ0n) is 16.8. The molecule has 0 spiro atoms.